The zero-order valence-corrected chi connectivity index (χ0v) is 20.9. The van der Waals surface area contributed by atoms with Crippen molar-refractivity contribution in [3.05, 3.63) is 67.7 Å². The fourth-order valence-electron chi connectivity index (χ4n) is 3.24. The predicted molar refractivity (Wildman–Crippen MR) is 135 cm³/mol. The molecular formula is C23H27Cl2N5O4. The van der Waals surface area contributed by atoms with Crippen molar-refractivity contribution in [3.63, 3.8) is 0 Å². The molecule has 34 heavy (non-hydrogen) atoms. The number of benzene rings is 2. The van der Waals surface area contributed by atoms with Gasteiger partial charge in [0, 0.05) is 30.3 Å². The second-order valence-electron chi connectivity index (χ2n) is 7.74. The first-order chi connectivity index (χ1) is 16.1. The Morgan fingerprint density at radius 1 is 1.12 bits per heavy atom. The molecule has 2 aromatic rings. The van der Waals surface area contributed by atoms with Gasteiger partial charge in [0.15, 0.2) is 0 Å². The number of carbonyl (C=O) groups excluding carboxylic acids is 2. The van der Waals surface area contributed by atoms with Gasteiger partial charge in [0.25, 0.3) is 17.5 Å². The van der Waals surface area contributed by atoms with Crippen molar-refractivity contribution < 1.29 is 14.5 Å². The summed E-state index contributed by atoms with van der Waals surface area (Å²) in [6.45, 7) is 8.65. The molecular weight excluding hydrogens is 481 g/mol. The third kappa shape index (κ3) is 6.91. The number of halogens is 2. The standard InChI is InChI=1S/C23H27Cl2N5O4/c1-5-29(6-2)19-10-7-15(11-20(19)30(33)34)13-26-28-23(32)21(14(3)4)27-22(31)16-8-9-17(24)18(25)12-16/h7-14,21H,5-6H2,1-4H3,(H,27,31)(H,28,32)/b26-13-. The van der Waals surface area contributed by atoms with E-state index in [0.717, 1.165) is 0 Å². The van der Waals surface area contributed by atoms with Crippen LogP contribution in [0.5, 0.6) is 0 Å². The summed E-state index contributed by atoms with van der Waals surface area (Å²) in [7, 11) is 0. The molecule has 0 aliphatic carbocycles. The highest BCUT2D eigenvalue weighted by Crippen LogP contribution is 2.28. The summed E-state index contributed by atoms with van der Waals surface area (Å²) in [6.07, 6.45) is 1.31. The highest BCUT2D eigenvalue weighted by Gasteiger charge is 2.25. The van der Waals surface area contributed by atoms with Crippen molar-refractivity contribution in [2.45, 2.75) is 33.7 Å². The lowest BCUT2D eigenvalue weighted by atomic mass is 10.0. The molecule has 0 aliphatic rings. The number of hydrogen-bond acceptors (Lipinski definition) is 6. The van der Waals surface area contributed by atoms with Crippen LogP contribution in [0.25, 0.3) is 0 Å². The lowest BCUT2D eigenvalue weighted by molar-refractivity contribution is -0.384. The molecule has 2 N–H and O–H groups in total. The van der Waals surface area contributed by atoms with Crippen molar-refractivity contribution in [2.24, 2.45) is 11.0 Å². The lowest BCUT2D eigenvalue weighted by Crippen LogP contribution is -2.48. The van der Waals surface area contributed by atoms with Crippen molar-refractivity contribution in [3.8, 4) is 0 Å². The zero-order chi connectivity index (χ0) is 25.4. The first-order valence-electron chi connectivity index (χ1n) is 10.7. The maximum absolute atomic E-state index is 12.7. The van der Waals surface area contributed by atoms with Crippen LogP contribution in [-0.2, 0) is 4.79 Å². The van der Waals surface area contributed by atoms with E-state index in [4.69, 9.17) is 23.2 Å². The summed E-state index contributed by atoms with van der Waals surface area (Å²) in [6, 6.07) is 8.28. The predicted octanol–water partition coefficient (Wildman–Crippen LogP) is 4.65. The Morgan fingerprint density at radius 3 is 2.35 bits per heavy atom. The van der Waals surface area contributed by atoms with Gasteiger partial charge in [0.2, 0.25) is 0 Å². The molecule has 0 saturated heterocycles. The smallest absolute Gasteiger partial charge is 0.293 e. The molecule has 2 amide bonds. The van der Waals surface area contributed by atoms with Crippen LogP contribution in [0.15, 0.2) is 41.5 Å². The molecule has 182 valence electrons. The summed E-state index contributed by atoms with van der Waals surface area (Å²) in [5, 5.41) is 18.6. The van der Waals surface area contributed by atoms with Gasteiger partial charge in [-0.05, 0) is 44.0 Å². The van der Waals surface area contributed by atoms with Crippen LogP contribution >= 0.6 is 23.2 Å². The molecule has 0 aliphatic heterocycles. The fraction of sp³-hybridized carbons (Fsp3) is 0.348. The largest absolute Gasteiger partial charge is 0.367 e. The van der Waals surface area contributed by atoms with Crippen LogP contribution in [0.3, 0.4) is 0 Å². The van der Waals surface area contributed by atoms with Crippen LogP contribution in [0.2, 0.25) is 10.0 Å². The molecule has 9 nitrogen and oxygen atoms in total. The van der Waals surface area contributed by atoms with Crippen molar-refractivity contribution in [2.75, 3.05) is 18.0 Å². The minimum absolute atomic E-state index is 0.0482. The quantitative estimate of drug-likeness (QED) is 0.275. The van der Waals surface area contributed by atoms with Gasteiger partial charge in [-0.25, -0.2) is 5.43 Å². The van der Waals surface area contributed by atoms with Gasteiger partial charge in [0.1, 0.15) is 11.7 Å². The van der Waals surface area contributed by atoms with Crippen molar-refractivity contribution in [1.29, 1.82) is 0 Å². The second kappa shape index (κ2) is 12.3. The van der Waals surface area contributed by atoms with Gasteiger partial charge in [-0.1, -0.05) is 43.1 Å². The van der Waals surface area contributed by atoms with Crippen LogP contribution in [0.1, 0.15) is 43.6 Å². The van der Waals surface area contributed by atoms with Crippen LogP contribution in [0.4, 0.5) is 11.4 Å². The van der Waals surface area contributed by atoms with E-state index in [0.29, 0.717) is 29.4 Å². The van der Waals surface area contributed by atoms with Gasteiger partial charge in [-0.15, -0.1) is 0 Å². The summed E-state index contributed by atoms with van der Waals surface area (Å²) >= 11 is 11.8. The zero-order valence-electron chi connectivity index (χ0n) is 19.3. The van der Waals surface area contributed by atoms with E-state index in [1.165, 1.54) is 30.5 Å². The van der Waals surface area contributed by atoms with E-state index in [1.807, 2.05) is 18.7 Å². The molecule has 2 rings (SSSR count). The van der Waals surface area contributed by atoms with Crippen LogP contribution in [0, 0.1) is 16.0 Å². The molecule has 1 atom stereocenters. The molecule has 0 radical (unpaired) electrons. The molecule has 0 heterocycles. The molecule has 11 heteroatoms. The molecule has 2 aromatic carbocycles. The number of nitro groups is 1. The summed E-state index contributed by atoms with van der Waals surface area (Å²) in [5.41, 5.74) is 3.56. The number of nitrogens with zero attached hydrogens (tertiary/aromatic N) is 3. The van der Waals surface area contributed by atoms with Crippen molar-refractivity contribution in [1.82, 2.24) is 10.7 Å². The van der Waals surface area contributed by atoms with E-state index in [-0.39, 0.29) is 22.2 Å². The monoisotopic (exact) mass is 507 g/mol. The average molecular weight is 508 g/mol. The highest BCUT2D eigenvalue weighted by atomic mass is 35.5. The number of hydrogen-bond donors (Lipinski definition) is 2. The van der Waals surface area contributed by atoms with Gasteiger partial charge >= 0.3 is 0 Å². The number of nitro benzene ring substituents is 1. The molecule has 0 saturated carbocycles. The fourth-order valence-corrected chi connectivity index (χ4v) is 3.53. The van der Waals surface area contributed by atoms with Gasteiger partial charge in [-0.3, -0.25) is 19.7 Å². The normalized spacial score (nSPS) is 12.0. The van der Waals surface area contributed by atoms with E-state index in [2.05, 4.69) is 15.8 Å². The number of nitrogens with one attached hydrogen (secondary N) is 2. The topological polar surface area (TPSA) is 117 Å². The second-order valence-corrected chi connectivity index (χ2v) is 8.55. The van der Waals surface area contributed by atoms with E-state index in [1.54, 1.807) is 26.0 Å². The molecule has 1 unspecified atom stereocenters. The number of carbonyl (C=O) groups is 2. The third-order valence-electron chi connectivity index (χ3n) is 5.11. The first kappa shape index (κ1) is 27.1. The number of hydrazone groups is 1. The maximum Gasteiger partial charge on any atom is 0.293 e. The minimum atomic E-state index is -0.876. The molecule has 0 fully saturated rings. The highest BCUT2D eigenvalue weighted by molar-refractivity contribution is 6.42. The Morgan fingerprint density at radius 2 is 1.79 bits per heavy atom. The Kier molecular flexibility index (Phi) is 9.83. The maximum atomic E-state index is 12.7. The molecule has 0 bridgehead atoms. The molecule has 0 aromatic heterocycles. The lowest BCUT2D eigenvalue weighted by Gasteiger charge is -2.21. The Bertz CT molecular complexity index is 1090. The number of rotatable bonds is 10. The summed E-state index contributed by atoms with van der Waals surface area (Å²) in [4.78, 5) is 38.2. The number of anilines is 1. The first-order valence-corrected chi connectivity index (χ1v) is 11.5. The van der Waals surface area contributed by atoms with Gasteiger partial charge in [-0.2, -0.15) is 5.10 Å². The van der Waals surface area contributed by atoms with E-state index in [9.17, 15) is 19.7 Å². The number of amides is 2. The third-order valence-corrected chi connectivity index (χ3v) is 5.85. The van der Waals surface area contributed by atoms with Crippen molar-refractivity contribution >= 4 is 52.6 Å². The summed E-state index contributed by atoms with van der Waals surface area (Å²) in [5.74, 6) is -1.26. The average Bonchev–Trinajstić information content (AvgIpc) is 2.80. The van der Waals surface area contributed by atoms with Crippen LogP contribution in [-0.4, -0.2) is 42.1 Å². The van der Waals surface area contributed by atoms with Crippen LogP contribution < -0.4 is 15.6 Å². The SMILES string of the molecule is CCN(CC)c1ccc(/C=N\NC(=O)C(NC(=O)c2ccc(Cl)c(Cl)c2)C(C)C)cc1[N+](=O)[O-]. The Hall–Kier alpha value is -3.17. The Labute approximate surface area is 208 Å². The van der Waals surface area contributed by atoms with Gasteiger partial charge in [0.05, 0.1) is 21.2 Å². The summed E-state index contributed by atoms with van der Waals surface area (Å²) < 4.78 is 0. The van der Waals surface area contributed by atoms with E-state index >= 15 is 0 Å². The molecule has 0 spiro atoms. The Balaban J connectivity index is 2.13. The van der Waals surface area contributed by atoms with Gasteiger partial charge < -0.3 is 10.2 Å². The minimum Gasteiger partial charge on any atom is -0.367 e. The van der Waals surface area contributed by atoms with E-state index < -0.39 is 22.8 Å².